The Hall–Kier alpha value is -2.65. The van der Waals surface area contributed by atoms with Gasteiger partial charge in [-0.25, -0.2) is 26.7 Å². The Labute approximate surface area is 208 Å². The molecule has 10 nitrogen and oxygen atoms in total. The molecule has 3 rings (SSSR count). The molecule has 2 aromatic rings. The number of alkyl halides is 2. The Bertz CT molecular complexity index is 1260. The smallest absolute Gasteiger partial charge is 0.345 e. The Kier molecular flexibility index (Phi) is 9.35. The van der Waals surface area contributed by atoms with Gasteiger partial charge in [-0.3, -0.25) is 4.79 Å². The van der Waals surface area contributed by atoms with Crippen LogP contribution in [0.3, 0.4) is 0 Å². The van der Waals surface area contributed by atoms with Crippen LogP contribution in [0.25, 0.3) is 0 Å². The van der Waals surface area contributed by atoms with Crippen LogP contribution in [0, 0.1) is 0 Å². The first-order valence-electron chi connectivity index (χ1n) is 11.1. The van der Waals surface area contributed by atoms with Crippen LogP contribution in [0.15, 0.2) is 58.3 Å². The average molecular weight is 547 g/mol. The molecule has 0 radical (unpaired) electrons. The molecule has 1 atom stereocenters. The number of hydrogen-bond acceptors (Lipinski definition) is 7. The van der Waals surface area contributed by atoms with E-state index in [1.54, 1.807) is 4.90 Å². The van der Waals surface area contributed by atoms with Gasteiger partial charge >= 0.3 is 6.61 Å². The minimum absolute atomic E-state index is 0.00383. The first-order chi connectivity index (χ1) is 17.0. The number of hydrogen-bond donors (Lipinski definition) is 3. The van der Waals surface area contributed by atoms with E-state index in [0.717, 1.165) is 18.1 Å². The van der Waals surface area contributed by atoms with Crippen LogP contribution in [0.5, 0.6) is 0 Å². The fourth-order valence-electron chi connectivity index (χ4n) is 3.78. The third kappa shape index (κ3) is 7.67. The second-order valence-corrected chi connectivity index (χ2v) is 11.4. The number of rotatable bonds is 13. The highest BCUT2D eigenvalue weighted by molar-refractivity contribution is 7.90. The lowest BCUT2D eigenvalue weighted by Gasteiger charge is -2.27. The molecule has 2 aromatic carbocycles. The zero-order valence-corrected chi connectivity index (χ0v) is 20.9. The fraction of sp³-hybridized carbons (Fsp3) is 0.409. The maximum Gasteiger partial charge on any atom is 0.345 e. The summed E-state index contributed by atoms with van der Waals surface area (Å²) in [6, 6.07) is 12.0. The molecule has 1 aliphatic heterocycles. The van der Waals surface area contributed by atoms with Crippen LogP contribution in [-0.4, -0.2) is 60.5 Å². The summed E-state index contributed by atoms with van der Waals surface area (Å²) in [5.74, 6) is -0.00383. The predicted octanol–water partition coefficient (Wildman–Crippen LogP) is 2.02. The number of nitrogens with two attached hydrogens (primary N) is 1. The molecule has 0 spiro atoms. The zero-order chi connectivity index (χ0) is 26.3. The van der Waals surface area contributed by atoms with Gasteiger partial charge in [-0.05, 0) is 36.6 Å². The average Bonchev–Trinajstić information content (AvgIpc) is 3.22. The van der Waals surface area contributed by atoms with E-state index in [0.29, 0.717) is 13.0 Å². The highest BCUT2D eigenvalue weighted by Gasteiger charge is 2.27. The third-order valence-electron chi connectivity index (χ3n) is 5.53. The molecule has 0 aliphatic carbocycles. The number of nitrogens with one attached hydrogen (secondary N) is 2. The van der Waals surface area contributed by atoms with Crippen LogP contribution >= 0.6 is 0 Å². The number of primary sulfonamides is 1. The quantitative estimate of drug-likeness (QED) is 0.326. The van der Waals surface area contributed by atoms with E-state index in [4.69, 9.17) is 5.14 Å². The molecule has 1 saturated heterocycles. The Morgan fingerprint density at radius 1 is 1.08 bits per heavy atom. The van der Waals surface area contributed by atoms with Crippen molar-refractivity contribution in [2.24, 2.45) is 5.14 Å². The van der Waals surface area contributed by atoms with Gasteiger partial charge in [0.1, 0.15) is 4.90 Å². The van der Waals surface area contributed by atoms with E-state index < -0.39 is 37.6 Å². The maximum atomic E-state index is 12.6. The predicted molar refractivity (Wildman–Crippen MR) is 128 cm³/mol. The molecule has 0 saturated carbocycles. The van der Waals surface area contributed by atoms with Crippen LogP contribution in [-0.2, 0) is 29.6 Å². The summed E-state index contributed by atoms with van der Waals surface area (Å²) >= 11 is 0. The topological polar surface area (TPSA) is 148 Å². The number of likely N-dealkylation sites (tertiary alicyclic amines) is 1. The lowest BCUT2D eigenvalue weighted by Crippen LogP contribution is -2.33. The number of carbonyl (C=O) groups is 1. The van der Waals surface area contributed by atoms with Crippen LogP contribution < -0.4 is 15.2 Å². The third-order valence-corrected chi connectivity index (χ3v) is 7.94. The number of benzene rings is 2. The molecule has 4 N–H and O–H groups in total. The number of halogens is 2. The standard InChI is InChI=1S/C22H28F2N4O6S2/c23-22(24)34-13-5-11-26-36(32,33)17-9-10-18(20(14-17)35(25,30)31)27-19(16-6-2-1-3-7-16)15-28-12-4-8-21(28)29/h1-3,6-7,9-10,14,19,22,26-27H,4-5,8,11-13,15H2,(H2,25,30,31). The second-order valence-electron chi connectivity index (χ2n) is 8.14. The molecular formula is C22H28F2N4O6S2. The zero-order valence-electron chi connectivity index (χ0n) is 19.3. The van der Waals surface area contributed by atoms with Gasteiger partial charge in [0.15, 0.2) is 0 Å². The maximum absolute atomic E-state index is 12.6. The first kappa shape index (κ1) is 27.9. The Balaban J connectivity index is 1.86. The number of sulfonamides is 2. The minimum atomic E-state index is -4.36. The molecule has 14 heteroatoms. The van der Waals surface area contributed by atoms with Gasteiger partial charge in [-0.15, -0.1) is 0 Å². The number of nitrogens with zero attached hydrogens (tertiary/aromatic N) is 1. The van der Waals surface area contributed by atoms with Gasteiger partial charge < -0.3 is 15.0 Å². The lowest BCUT2D eigenvalue weighted by molar-refractivity contribution is -0.129. The van der Waals surface area contributed by atoms with Crippen molar-refractivity contribution < 1.29 is 35.1 Å². The minimum Gasteiger partial charge on any atom is -0.375 e. The summed E-state index contributed by atoms with van der Waals surface area (Å²) in [5, 5.41) is 8.51. The van der Waals surface area contributed by atoms with Gasteiger partial charge in [0, 0.05) is 26.1 Å². The summed E-state index contributed by atoms with van der Waals surface area (Å²) in [6.45, 7) is -2.65. The highest BCUT2D eigenvalue weighted by Crippen LogP contribution is 2.29. The molecule has 0 bridgehead atoms. The molecule has 198 valence electrons. The van der Waals surface area contributed by atoms with E-state index in [1.165, 1.54) is 12.1 Å². The first-order valence-corrected chi connectivity index (χ1v) is 14.2. The van der Waals surface area contributed by atoms with Crippen molar-refractivity contribution in [3.05, 3.63) is 54.1 Å². The second kappa shape index (κ2) is 12.1. The van der Waals surface area contributed by atoms with Crippen molar-refractivity contribution in [1.82, 2.24) is 9.62 Å². The van der Waals surface area contributed by atoms with Crippen LogP contribution in [0.2, 0.25) is 0 Å². The van der Waals surface area contributed by atoms with Crippen molar-refractivity contribution in [1.29, 1.82) is 0 Å². The highest BCUT2D eigenvalue weighted by atomic mass is 32.2. The number of ether oxygens (including phenoxy) is 1. The van der Waals surface area contributed by atoms with Gasteiger partial charge in [-0.1, -0.05) is 30.3 Å². The number of carbonyl (C=O) groups excluding carboxylic acids is 1. The van der Waals surface area contributed by atoms with Crippen molar-refractivity contribution in [2.45, 2.75) is 41.7 Å². The Morgan fingerprint density at radius 3 is 2.42 bits per heavy atom. The van der Waals surface area contributed by atoms with Crippen LogP contribution in [0.4, 0.5) is 14.5 Å². The van der Waals surface area contributed by atoms with Crippen molar-refractivity contribution in [3.63, 3.8) is 0 Å². The van der Waals surface area contributed by atoms with Gasteiger partial charge in [-0.2, -0.15) is 8.78 Å². The molecular weight excluding hydrogens is 518 g/mol. The SMILES string of the molecule is NS(=O)(=O)c1cc(S(=O)(=O)NCCCOC(F)F)ccc1NC(CN1CCCC1=O)c1ccccc1. The number of anilines is 1. The van der Waals surface area contributed by atoms with Gasteiger partial charge in [0.25, 0.3) is 0 Å². The van der Waals surface area contributed by atoms with E-state index in [2.05, 4.69) is 14.8 Å². The summed E-state index contributed by atoms with van der Waals surface area (Å²) < 4.78 is 80.4. The lowest BCUT2D eigenvalue weighted by atomic mass is 10.1. The van der Waals surface area contributed by atoms with Crippen molar-refractivity contribution >= 4 is 31.6 Å². The normalized spacial score (nSPS) is 15.4. The molecule has 36 heavy (non-hydrogen) atoms. The van der Waals surface area contributed by atoms with E-state index in [-0.39, 0.29) is 42.6 Å². The molecule has 0 aromatic heterocycles. The summed E-state index contributed by atoms with van der Waals surface area (Å²) in [4.78, 5) is 13.1. The van der Waals surface area contributed by atoms with Crippen molar-refractivity contribution in [3.8, 4) is 0 Å². The molecule has 1 amide bonds. The van der Waals surface area contributed by atoms with E-state index in [1.807, 2.05) is 30.3 Å². The largest absolute Gasteiger partial charge is 0.375 e. The summed E-state index contributed by atoms with van der Waals surface area (Å²) in [5.41, 5.74) is 0.865. The van der Waals surface area contributed by atoms with Gasteiger partial charge in [0.05, 0.1) is 23.2 Å². The monoisotopic (exact) mass is 546 g/mol. The van der Waals surface area contributed by atoms with Gasteiger partial charge in [0.2, 0.25) is 26.0 Å². The number of amides is 1. The molecule has 1 fully saturated rings. The van der Waals surface area contributed by atoms with E-state index in [9.17, 15) is 30.4 Å². The Morgan fingerprint density at radius 2 is 1.81 bits per heavy atom. The van der Waals surface area contributed by atoms with Crippen LogP contribution in [0.1, 0.15) is 30.9 Å². The van der Waals surface area contributed by atoms with E-state index >= 15 is 0 Å². The molecule has 1 heterocycles. The molecule has 1 aliphatic rings. The fourth-order valence-corrected chi connectivity index (χ4v) is 5.68. The summed E-state index contributed by atoms with van der Waals surface area (Å²) in [7, 11) is -8.52. The summed E-state index contributed by atoms with van der Waals surface area (Å²) in [6.07, 6.45) is 1.16. The molecule has 1 unspecified atom stereocenters. The van der Waals surface area contributed by atoms with Crippen molar-refractivity contribution in [2.75, 3.05) is 31.6 Å².